The molecule has 27 heavy (non-hydrogen) atoms. The molecule has 1 saturated carbocycles. The second-order valence-corrected chi connectivity index (χ2v) is 8.18. The van der Waals surface area contributed by atoms with Gasteiger partial charge in [-0.15, -0.1) is 0 Å². The zero-order valence-electron chi connectivity index (χ0n) is 16.5. The second kappa shape index (κ2) is 9.73. The van der Waals surface area contributed by atoms with Crippen molar-refractivity contribution < 1.29 is 9.90 Å². The van der Waals surface area contributed by atoms with E-state index in [1.165, 1.54) is 62.5 Å². The Hall–Kier alpha value is -2.09. The minimum atomic E-state index is -0.786. The molecule has 144 valence electrons. The summed E-state index contributed by atoms with van der Waals surface area (Å²) in [6.45, 7) is 2.31. The van der Waals surface area contributed by atoms with Gasteiger partial charge >= 0.3 is 5.97 Å². The first kappa shape index (κ1) is 19.7. The summed E-state index contributed by atoms with van der Waals surface area (Å²) in [5.74, 6) is 1.12. The van der Waals surface area contributed by atoms with Crippen LogP contribution in [0.3, 0.4) is 0 Å². The summed E-state index contributed by atoms with van der Waals surface area (Å²) in [4.78, 5) is 10.8. The lowest BCUT2D eigenvalue weighted by Crippen LogP contribution is -2.15. The van der Waals surface area contributed by atoms with Crippen LogP contribution in [0, 0.1) is 11.8 Å². The van der Waals surface area contributed by atoms with Gasteiger partial charge in [0.1, 0.15) is 0 Å². The maximum Gasteiger partial charge on any atom is 0.307 e. The quantitative estimate of drug-likeness (QED) is 0.579. The van der Waals surface area contributed by atoms with Crippen LogP contribution in [0.4, 0.5) is 0 Å². The summed E-state index contributed by atoms with van der Waals surface area (Å²) in [7, 11) is 0. The molecule has 0 radical (unpaired) electrons. The molecule has 3 rings (SSSR count). The van der Waals surface area contributed by atoms with E-state index in [9.17, 15) is 4.79 Å². The van der Waals surface area contributed by atoms with E-state index in [2.05, 4.69) is 31.2 Å². The number of rotatable bonds is 8. The summed E-state index contributed by atoms with van der Waals surface area (Å²) in [5.41, 5.74) is 4.61. The highest BCUT2D eigenvalue weighted by Gasteiger charge is 2.20. The molecule has 0 spiro atoms. The van der Waals surface area contributed by atoms with E-state index < -0.39 is 5.97 Å². The molecule has 2 aromatic carbocycles. The third-order valence-electron chi connectivity index (χ3n) is 6.10. The summed E-state index contributed by atoms with van der Waals surface area (Å²) >= 11 is 0. The monoisotopic (exact) mass is 364 g/mol. The molecule has 0 unspecified atom stereocenters. The number of carboxylic acids is 1. The topological polar surface area (TPSA) is 37.3 Å². The van der Waals surface area contributed by atoms with Crippen molar-refractivity contribution in [2.75, 3.05) is 0 Å². The van der Waals surface area contributed by atoms with Crippen LogP contribution in [0.25, 0.3) is 11.1 Å². The molecule has 2 nitrogen and oxygen atoms in total. The molecule has 0 aromatic heterocycles. The van der Waals surface area contributed by atoms with Crippen molar-refractivity contribution in [3.05, 3.63) is 59.7 Å². The van der Waals surface area contributed by atoms with Crippen LogP contribution in [0.1, 0.15) is 63.0 Å². The molecule has 0 amide bonds. The van der Waals surface area contributed by atoms with E-state index in [1.807, 2.05) is 24.3 Å². The number of aryl methyl sites for hydroxylation is 1. The molecule has 1 aliphatic rings. The Kier molecular flexibility index (Phi) is 7.09. The third kappa shape index (κ3) is 5.95. The van der Waals surface area contributed by atoms with Crippen LogP contribution in [0.15, 0.2) is 48.5 Å². The third-order valence-corrected chi connectivity index (χ3v) is 6.10. The maximum atomic E-state index is 10.8. The van der Waals surface area contributed by atoms with Crippen molar-refractivity contribution in [3.8, 4) is 11.1 Å². The van der Waals surface area contributed by atoms with Gasteiger partial charge in [-0.05, 0) is 46.9 Å². The maximum absolute atomic E-state index is 10.8. The molecule has 0 bridgehead atoms. The molecular weight excluding hydrogens is 332 g/mol. The predicted molar refractivity (Wildman–Crippen MR) is 112 cm³/mol. The SMILES string of the molecule is CCC[C@H]1CC[C@H](CCc2ccc(-c3ccc(CC(=O)O)cc3)cc2)CC1. The van der Waals surface area contributed by atoms with Gasteiger partial charge < -0.3 is 5.11 Å². The molecule has 0 atom stereocenters. The lowest BCUT2D eigenvalue weighted by atomic mass is 9.78. The van der Waals surface area contributed by atoms with Crippen molar-refractivity contribution >= 4 is 5.97 Å². The first-order chi connectivity index (χ1) is 13.1. The number of hydrogen-bond donors (Lipinski definition) is 1. The highest BCUT2D eigenvalue weighted by atomic mass is 16.4. The summed E-state index contributed by atoms with van der Waals surface area (Å²) in [6, 6.07) is 16.7. The molecular formula is C25H32O2. The first-order valence-corrected chi connectivity index (χ1v) is 10.5. The summed E-state index contributed by atoms with van der Waals surface area (Å²) < 4.78 is 0. The van der Waals surface area contributed by atoms with Gasteiger partial charge in [-0.1, -0.05) is 94.0 Å². The zero-order chi connectivity index (χ0) is 19.1. The number of hydrogen-bond acceptors (Lipinski definition) is 1. The van der Waals surface area contributed by atoms with Crippen LogP contribution in [0.2, 0.25) is 0 Å². The Morgan fingerprint density at radius 3 is 1.78 bits per heavy atom. The Bertz CT molecular complexity index is 707. The van der Waals surface area contributed by atoms with Crippen molar-refractivity contribution in [1.82, 2.24) is 0 Å². The highest BCUT2D eigenvalue weighted by molar-refractivity contribution is 5.71. The second-order valence-electron chi connectivity index (χ2n) is 8.18. The van der Waals surface area contributed by atoms with E-state index in [-0.39, 0.29) is 6.42 Å². The zero-order valence-corrected chi connectivity index (χ0v) is 16.5. The van der Waals surface area contributed by atoms with Gasteiger partial charge in [0.05, 0.1) is 6.42 Å². The van der Waals surface area contributed by atoms with Gasteiger partial charge in [0.15, 0.2) is 0 Å². The van der Waals surface area contributed by atoms with Crippen molar-refractivity contribution in [1.29, 1.82) is 0 Å². The lowest BCUT2D eigenvalue weighted by molar-refractivity contribution is -0.136. The minimum Gasteiger partial charge on any atom is -0.481 e. The summed E-state index contributed by atoms with van der Waals surface area (Å²) in [5, 5.41) is 8.87. The van der Waals surface area contributed by atoms with Crippen LogP contribution in [-0.2, 0) is 17.6 Å². The predicted octanol–water partition coefficient (Wildman–Crippen LogP) is 6.52. The molecule has 2 heteroatoms. The molecule has 0 heterocycles. The van der Waals surface area contributed by atoms with Crippen molar-refractivity contribution in [3.63, 3.8) is 0 Å². The van der Waals surface area contributed by atoms with Gasteiger partial charge in [0.25, 0.3) is 0 Å². The Morgan fingerprint density at radius 1 is 0.815 bits per heavy atom. The van der Waals surface area contributed by atoms with Gasteiger partial charge in [-0.25, -0.2) is 0 Å². The Morgan fingerprint density at radius 2 is 1.30 bits per heavy atom. The van der Waals surface area contributed by atoms with Gasteiger partial charge in [0.2, 0.25) is 0 Å². The van der Waals surface area contributed by atoms with Gasteiger partial charge in [0, 0.05) is 0 Å². The molecule has 0 aliphatic heterocycles. The standard InChI is InChI=1S/C25H32O2/c1-2-3-19-4-6-20(7-5-19)8-9-21-10-14-23(15-11-21)24-16-12-22(13-17-24)18-25(26)27/h10-17,19-20H,2-9,18H2,1H3,(H,26,27)/t19-,20-. The Labute approximate surface area is 163 Å². The average molecular weight is 365 g/mol. The Balaban J connectivity index is 1.49. The van der Waals surface area contributed by atoms with Crippen LogP contribution < -0.4 is 0 Å². The average Bonchev–Trinajstić information content (AvgIpc) is 2.68. The first-order valence-electron chi connectivity index (χ1n) is 10.5. The van der Waals surface area contributed by atoms with Crippen molar-refractivity contribution in [2.45, 2.75) is 64.7 Å². The molecule has 0 saturated heterocycles. The highest BCUT2D eigenvalue weighted by Crippen LogP contribution is 2.34. The minimum absolute atomic E-state index is 0.0829. The fourth-order valence-corrected chi connectivity index (χ4v) is 4.44. The fraction of sp³-hybridized carbons (Fsp3) is 0.480. The number of carbonyl (C=O) groups is 1. The number of benzene rings is 2. The van der Waals surface area contributed by atoms with Crippen LogP contribution in [0.5, 0.6) is 0 Å². The largest absolute Gasteiger partial charge is 0.481 e. The summed E-state index contributed by atoms with van der Waals surface area (Å²) in [6.07, 6.45) is 11.1. The number of carboxylic acid groups (broad SMARTS) is 1. The molecule has 1 fully saturated rings. The molecule has 2 aromatic rings. The number of aliphatic carboxylic acids is 1. The van der Waals surface area contributed by atoms with Crippen LogP contribution in [-0.4, -0.2) is 11.1 Å². The van der Waals surface area contributed by atoms with E-state index in [0.717, 1.165) is 23.0 Å². The van der Waals surface area contributed by atoms with E-state index in [1.54, 1.807) is 0 Å². The molecule has 1 aliphatic carbocycles. The van der Waals surface area contributed by atoms with E-state index >= 15 is 0 Å². The van der Waals surface area contributed by atoms with Gasteiger partial charge in [-0.2, -0.15) is 0 Å². The van der Waals surface area contributed by atoms with E-state index in [0.29, 0.717) is 0 Å². The smallest absolute Gasteiger partial charge is 0.307 e. The van der Waals surface area contributed by atoms with E-state index in [4.69, 9.17) is 5.11 Å². The lowest BCUT2D eigenvalue weighted by Gasteiger charge is -2.28. The van der Waals surface area contributed by atoms with Crippen molar-refractivity contribution in [2.24, 2.45) is 11.8 Å². The normalized spacial score (nSPS) is 19.7. The van der Waals surface area contributed by atoms with Crippen LogP contribution >= 0.6 is 0 Å². The van der Waals surface area contributed by atoms with Gasteiger partial charge in [-0.3, -0.25) is 4.79 Å². The fourth-order valence-electron chi connectivity index (χ4n) is 4.44. The molecule has 1 N–H and O–H groups in total.